The Balaban J connectivity index is 2.16. The van der Waals surface area contributed by atoms with Crippen molar-refractivity contribution in [2.45, 2.75) is 25.1 Å². The van der Waals surface area contributed by atoms with E-state index in [9.17, 15) is 18.0 Å². The normalized spacial score (nSPS) is 16.4. The second-order valence-corrected chi connectivity index (χ2v) is 6.12. The molecule has 4 nitrogen and oxygen atoms in total. The number of hydrogen-bond acceptors (Lipinski definition) is 2. The maximum Gasteiger partial charge on any atom is 0.418 e. The van der Waals surface area contributed by atoms with Gasteiger partial charge in [0.1, 0.15) is 0 Å². The molecule has 0 atom stereocenters. The van der Waals surface area contributed by atoms with Gasteiger partial charge in [-0.3, -0.25) is 0 Å². The van der Waals surface area contributed by atoms with Gasteiger partial charge in [-0.1, -0.05) is 27.5 Å². The zero-order valence-corrected chi connectivity index (χ0v) is 13.6. The van der Waals surface area contributed by atoms with Crippen LogP contribution in [-0.2, 0) is 10.9 Å². The van der Waals surface area contributed by atoms with Crippen molar-refractivity contribution in [1.82, 2.24) is 5.32 Å². The van der Waals surface area contributed by atoms with E-state index in [1.54, 1.807) is 0 Å². The van der Waals surface area contributed by atoms with E-state index in [4.69, 9.17) is 16.3 Å². The lowest BCUT2D eigenvalue weighted by molar-refractivity contribution is -0.136. The molecule has 0 unspecified atom stereocenters. The van der Waals surface area contributed by atoms with Gasteiger partial charge in [-0.25, -0.2) is 4.79 Å². The lowest BCUT2D eigenvalue weighted by atomic mass is 10.1. The zero-order chi connectivity index (χ0) is 16.3. The Bertz CT molecular complexity index is 563. The van der Waals surface area contributed by atoms with Crippen molar-refractivity contribution in [2.24, 2.45) is 0 Å². The Morgan fingerprint density at radius 2 is 1.95 bits per heavy atom. The topological polar surface area (TPSA) is 50.4 Å². The minimum atomic E-state index is -4.63. The molecule has 1 saturated heterocycles. The highest BCUT2D eigenvalue weighted by Crippen LogP contribution is 2.40. The van der Waals surface area contributed by atoms with Crippen LogP contribution in [0.2, 0.25) is 5.02 Å². The first-order valence-electron chi connectivity index (χ1n) is 6.49. The van der Waals surface area contributed by atoms with Crippen molar-refractivity contribution in [1.29, 1.82) is 0 Å². The molecule has 1 aliphatic heterocycles. The summed E-state index contributed by atoms with van der Waals surface area (Å²) in [5, 5.41) is 4.63. The lowest BCUT2D eigenvalue weighted by Gasteiger charge is -2.24. The molecule has 22 heavy (non-hydrogen) atoms. The van der Waals surface area contributed by atoms with Crippen LogP contribution in [0.5, 0.6) is 0 Å². The Morgan fingerprint density at radius 3 is 2.55 bits per heavy atom. The zero-order valence-electron chi connectivity index (χ0n) is 11.3. The molecular weight excluding hydrogens is 389 g/mol. The molecule has 0 aromatic heterocycles. The maximum absolute atomic E-state index is 13.0. The monoisotopic (exact) mass is 400 g/mol. The molecule has 2 N–H and O–H groups in total. The molecule has 0 bridgehead atoms. The summed E-state index contributed by atoms with van der Waals surface area (Å²) in [4.78, 5) is 11.9. The summed E-state index contributed by atoms with van der Waals surface area (Å²) in [5.74, 6) is 0. The largest absolute Gasteiger partial charge is 0.418 e. The second kappa shape index (κ2) is 7.06. The molecule has 0 aliphatic carbocycles. The SMILES string of the molecule is O=C(Nc1c(Cl)cc(Br)cc1C(F)(F)F)NC1CCOCC1. The van der Waals surface area contributed by atoms with Crippen LogP contribution < -0.4 is 10.6 Å². The summed E-state index contributed by atoms with van der Waals surface area (Å²) in [6, 6.07) is 1.32. The minimum Gasteiger partial charge on any atom is -0.381 e. The summed E-state index contributed by atoms with van der Waals surface area (Å²) >= 11 is 8.79. The van der Waals surface area contributed by atoms with Crippen molar-refractivity contribution >= 4 is 39.2 Å². The average molecular weight is 402 g/mol. The van der Waals surface area contributed by atoms with Gasteiger partial charge in [0.15, 0.2) is 0 Å². The Labute approximate surface area is 138 Å². The van der Waals surface area contributed by atoms with Gasteiger partial charge < -0.3 is 15.4 Å². The van der Waals surface area contributed by atoms with Gasteiger partial charge >= 0.3 is 12.2 Å². The number of ether oxygens (including phenoxy) is 1. The Morgan fingerprint density at radius 1 is 1.32 bits per heavy atom. The summed E-state index contributed by atoms with van der Waals surface area (Å²) in [7, 11) is 0. The van der Waals surface area contributed by atoms with Crippen LogP contribution in [0.25, 0.3) is 0 Å². The first-order valence-corrected chi connectivity index (χ1v) is 7.66. The molecule has 0 spiro atoms. The highest BCUT2D eigenvalue weighted by molar-refractivity contribution is 9.10. The van der Waals surface area contributed by atoms with Gasteiger partial charge in [0.05, 0.1) is 16.3 Å². The minimum absolute atomic E-state index is 0.127. The molecule has 9 heteroatoms. The van der Waals surface area contributed by atoms with E-state index in [-0.39, 0.29) is 15.5 Å². The third kappa shape index (κ3) is 4.50. The van der Waals surface area contributed by atoms with Gasteiger partial charge in [0.2, 0.25) is 0 Å². The van der Waals surface area contributed by atoms with Crippen LogP contribution >= 0.6 is 27.5 Å². The molecule has 1 fully saturated rings. The number of amides is 2. The van der Waals surface area contributed by atoms with Crippen LogP contribution in [0.4, 0.5) is 23.7 Å². The van der Waals surface area contributed by atoms with Gasteiger partial charge in [0.25, 0.3) is 0 Å². The summed E-state index contributed by atoms with van der Waals surface area (Å²) in [5.41, 5.74) is -1.46. The fourth-order valence-corrected chi connectivity index (χ4v) is 2.96. The molecule has 122 valence electrons. The number of rotatable bonds is 2. The van der Waals surface area contributed by atoms with Crippen LogP contribution in [0.1, 0.15) is 18.4 Å². The molecule has 0 radical (unpaired) electrons. The highest BCUT2D eigenvalue weighted by Gasteiger charge is 2.35. The van der Waals surface area contributed by atoms with E-state index in [1.807, 2.05) is 0 Å². The summed E-state index contributed by atoms with van der Waals surface area (Å²) < 4.78 is 44.5. The molecule has 2 amide bonds. The number of nitrogens with one attached hydrogen (secondary N) is 2. The van der Waals surface area contributed by atoms with Crippen LogP contribution in [0.3, 0.4) is 0 Å². The first-order chi connectivity index (χ1) is 10.3. The van der Waals surface area contributed by atoms with E-state index in [0.717, 1.165) is 6.07 Å². The second-order valence-electron chi connectivity index (χ2n) is 4.79. The van der Waals surface area contributed by atoms with Crippen molar-refractivity contribution in [3.8, 4) is 0 Å². The first kappa shape index (κ1) is 17.4. The molecule has 1 aromatic carbocycles. The van der Waals surface area contributed by atoms with Crippen molar-refractivity contribution in [3.63, 3.8) is 0 Å². The maximum atomic E-state index is 13.0. The standard InChI is InChI=1S/C13H13BrClF3N2O2/c14-7-5-9(13(16,17)18)11(10(15)6-7)20-12(21)19-8-1-3-22-4-2-8/h5-6,8H,1-4H2,(H2,19,20,21). The van der Waals surface area contributed by atoms with E-state index < -0.39 is 23.5 Å². The summed E-state index contributed by atoms with van der Waals surface area (Å²) in [6.45, 7) is 1.02. The summed E-state index contributed by atoms with van der Waals surface area (Å²) in [6.07, 6.45) is -3.39. The van der Waals surface area contributed by atoms with Crippen molar-refractivity contribution < 1.29 is 22.7 Å². The number of alkyl halides is 3. The third-order valence-corrected chi connectivity index (χ3v) is 3.91. The fourth-order valence-electron chi connectivity index (χ4n) is 2.10. The van der Waals surface area contributed by atoms with E-state index in [2.05, 4.69) is 26.6 Å². The quantitative estimate of drug-likeness (QED) is 0.771. The predicted octanol–water partition coefficient (Wildman–Crippen LogP) is 4.42. The van der Waals surface area contributed by atoms with Gasteiger partial charge in [-0.2, -0.15) is 13.2 Å². The number of anilines is 1. The molecule has 1 aromatic rings. The van der Waals surface area contributed by atoms with Gasteiger partial charge in [0, 0.05) is 23.7 Å². The van der Waals surface area contributed by atoms with E-state index >= 15 is 0 Å². The smallest absolute Gasteiger partial charge is 0.381 e. The Kier molecular flexibility index (Phi) is 5.57. The number of carbonyl (C=O) groups excluding carboxylic acids is 1. The van der Waals surface area contributed by atoms with Gasteiger partial charge in [-0.05, 0) is 25.0 Å². The molecular formula is C13H13BrClF3N2O2. The van der Waals surface area contributed by atoms with Crippen molar-refractivity contribution in [2.75, 3.05) is 18.5 Å². The number of halogens is 5. The third-order valence-electron chi connectivity index (χ3n) is 3.16. The number of hydrogen-bond donors (Lipinski definition) is 2. The molecule has 2 rings (SSSR count). The number of urea groups is 1. The van der Waals surface area contributed by atoms with Crippen LogP contribution in [0.15, 0.2) is 16.6 Å². The Hall–Kier alpha value is -0.990. The number of carbonyl (C=O) groups is 1. The predicted molar refractivity (Wildman–Crippen MR) is 80.1 cm³/mol. The van der Waals surface area contributed by atoms with Crippen molar-refractivity contribution in [3.05, 3.63) is 27.2 Å². The molecule has 1 heterocycles. The van der Waals surface area contributed by atoms with Gasteiger partial charge in [-0.15, -0.1) is 0 Å². The van der Waals surface area contributed by atoms with Crippen LogP contribution in [-0.4, -0.2) is 25.3 Å². The fraction of sp³-hybridized carbons (Fsp3) is 0.462. The van der Waals surface area contributed by atoms with E-state index in [1.165, 1.54) is 6.07 Å². The van der Waals surface area contributed by atoms with E-state index in [0.29, 0.717) is 26.1 Å². The van der Waals surface area contributed by atoms with Crippen LogP contribution in [0, 0.1) is 0 Å². The molecule has 0 saturated carbocycles. The molecule has 1 aliphatic rings. The number of benzene rings is 1. The lowest BCUT2D eigenvalue weighted by Crippen LogP contribution is -2.41. The average Bonchev–Trinajstić information content (AvgIpc) is 2.41. The highest BCUT2D eigenvalue weighted by atomic mass is 79.9.